The molecule has 2 aromatic rings. The third kappa shape index (κ3) is 3.58. The van der Waals surface area contributed by atoms with Gasteiger partial charge in [0, 0.05) is 15.0 Å². The highest BCUT2D eigenvalue weighted by Crippen LogP contribution is 2.25. The summed E-state index contributed by atoms with van der Waals surface area (Å²) >= 11 is 9.85. The van der Waals surface area contributed by atoms with Crippen molar-refractivity contribution in [2.75, 3.05) is 11.9 Å². The molecule has 1 atom stereocenters. The molecule has 0 bridgehead atoms. The molecule has 1 unspecified atom stereocenters. The molecular formula is C12H11ClINOS. The number of benzene rings is 1. The summed E-state index contributed by atoms with van der Waals surface area (Å²) in [7, 11) is 0. The molecule has 0 saturated carbocycles. The molecule has 2 rings (SSSR count). The van der Waals surface area contributed by atoms with E-state index in [9.17, 15) is 5.11 Å². The third-order valence-corrected chi connectivity index (χ3v) is 4.25. The van der Waals surface area contributed by atoms with E-state index in [4.69, 9.17) is 11.6 Å². The number of aliphatic hydroxyl groups excluding tert-OH is 1. The first-order chi connectivity index (χ1) is 8.16. The predicted octanol–water partition coefficient (Wildman–Crippen LogP) is 4.15. The summed E-state index contributed by atoms with van der Waals surface area (Å²) in [6.45, 7) is 0.459. The molecule has 5 heteroatoms. The number of hydrogen-bond donors (Lipinski definition) is 2. The van der Waals surface area contributed by atoms with Gasteiger partial charge in [0.15, 0.2) is 0 Å². The Morgan fingerprint density at radius 1 is 1.41 bits per heavy atom. The molecule has 0 spiro atoms. The van der Waals surface area contributed by atoms with Crippen LogP contribution in [0.2, 0.25) is 5.02 Å². The van der Waals surface area contributed by atoms with Crippen molar-refractivity contribution in [1.82, 2.24) is 0 Å². The molecule has 90 valence electrons. The largest absolute Gasteiger partial charge is 0.386 e. The zero-order valence-corrected chi connectivity index (χ0v) is 12.6. The van der Waals surface area contributed by atoms with E-state index in [-0.39, 0.29) is 0 Å². The van der Waals surface area contributed by atoms with Crippen LogP contribution >= 0.6 is 45.5 Å². The molecule has 2 N–H and O–H groups in total. The molecule has 0 aliphatic rings. The van der Waals surface area contributed by atoms with Crippen LogP contribution in [0, 0.1) is 3.57 Å². The Morgan fingerprint density at radius 3 is 2.88 bits per heavy atom. The Morgan fingerprint density at radius 2 is 2.24 bits per heavy atom. The predicted molar refractivity (Wildman–Crippen MR) is 81.9 cm³/mol. The quantitative estimate of drug-likeness (QED) is 0.782. The van der Waals surface area contributed by atoms with Crippen LogP contribution in [-0.2, 0) is 0 Å². The van der Waals surface area contributed by atoms with E-state index in [0.29, 0.717) is 11.6 Å². The van der Waals surface area contributed by atoms with Crippen molar-refractivity contribution in [2.24, 2.45) is 0 Å². The highest BCUT2D eigenvalue weighted by Gasteiger charge is 2.09. The van der Waals surface area contributed by atoms with Crippen LogP contribution in [0.4, 0.5) is 5.69 Å². The number of halogens is 2. The normalized spacial score (nSPS) is 12.4. The monoisotopic (exact) mass is 379 g/mol. The van der Waals surface area contributed by atoms with Gasteiger partial charge in [-0.3, -0.25) is 0 Å². The van der Waals surface area contributed by atoms with Gasteiger partial charge in [-0.25, -0.2) is 0 Å². The maximum atomic E-state index is 9.92. The molecule has 1 aromatic carbocycles. The number of aliphatic hydroxyl groups is 1. The highest BCUT2D eigenvalue weighted by atomic mass is 127. The number of anilines is 1. The van der Waals surface area contributed by atoms with Crippen molar-refractivity contribution in [3.05, 3.63) is 49.2 Å². The first-order valence-corrected chi connectivity index (χ1v) is 7.41. The van der Waals surface area contributed by atoms with E-state index in [2.05, 4.69) is 27.9 Å². The zero-order chi connectivity index (χ0) is 12.3. The van der Waals surface area contributed by atoms with Gasteiger partial charge in [0.2, 0.25) is 0 Å². The average molecular weight is 380 g/mol. The second kappa shape index (κ2) is 6.04. The fraction of sp³-hybridized carbons (Fsp3) is 0.167. The van der Waals surface area contributed by atoms with Crippen molar-refractivity contribution in [3.63, 3.8) is 0 Å². The summed E-state index contributed by atoms with van der Waals surface area (Å²) in [5.41, 5.74) is 0.850. The molecule has 1 aromatic heterocycles. The van der Waals surface area contributed by atoms with Crippen LogP contribution in [0.1, 0.15) is 11.0 Å². The van der Waals surface area contributed by atoms with Crippen molar-refractivity contribution < 1.29 is 5.11 Å². The Balaban J connectivity index is 1.98. The fourth-order valence-corrected chi connectivity index (χ4v) is 3.06. The van der Waals surface area contributed by atoms with Gasteiger partial charge in [-0.1, -0.05) is 17.7 Å². The SMILES string of the molecule is OC(CNc1ccc(I)cc1Cl)c1cccs1. The number of hydrogen-bond acceptors (Lipinski definition) is 3. The molecule has 0 aliphatic carbocycles. The first kappa shape index (κ1) is 13.1. The minimum atomic E-state index is -0.495. The third-order valence-electron chi connectivity index (χ3n) is 2.29. The molecule has 2 nitrogen and oxygen atoms in total. The van der Waals surface area contributed by atoms with E-state index < -0.39 is 6.10 Å². The second-order valence-corrected chi connectivity index (χ2v) is 6.17. The van der Waals surface area contributed by atoms with Gasteiger partial charge in [0.25, 0.3) is 0 Å². The molecule has 0 radical (unpaired) electrons. The van der Waals surface area contributed by atoms with E-state index in [1.54, 1.807) is 11.3 Å². The van der Waals surface area contributed by atoms with Gasteiger partial charge in [0.1, 0.15) is 6.10 Å². The van der Waals surface area contributed by atoms with Crippen molar-refractivity contribution in [2.45, 2.75) is 6.10 Å². The van der Waals surface area contributed by atoms with Crippen molar-refractivity contribution in [1.29, 1.82) is 0 Å². The Labute approximate surface area is 123 Å². The summed E-state index contributed by atoms with van der Waals surface area (Å²) in [5.74, 6) is 0. The van der Waals surface area contributed by atoms with Gasteiger partial charge in [-0.2, -0.15) is 0 Å². The van der Waals surface area contributed by atoms with E-state index in [1.807, 2.05) is 35.7 Å². The van der Waals surface area contributed by atoms with Crippen molar-refractivity contribution in [3.8, 4) is 0 Å². The lowest BCUT2D eigenvalue weighted by atomic mass is 10.2. The van der Waals surface area contributed by atoms with Gasteiger partial charge < -0.3 is 10.4 Å². The lowest BCUT2D eigenvalue weighted by molar-refractivity contribution is 0.195. The van der Waals surface area contributed by atoms with Crippen LogP contribution in [0.5, 0.6) is 0 Å². The van der Waals surface area contributed by atoms with Crippen LogP contribution in [-0.4, -0.2) is 11.7 Å². The Kier molecular flexibility index (Phi) is 4.67. The zero-order valence-electron chi connectivity index (χ0n) is 8.86. The number of rotatable bonds is 4. The van der Waals surface area contributed by atoms with Crippen LogP contribution in [0.3, 0.4) is 0 Å². The second-order valence-electron chi connectivity index (χ2n) is 3.54. The summed E-state index contributed by atoms with van der Waals surface area (Å²) in [4.78, 5) is 0.958. The molecule has 0 amide bonds. The summed E-state index contributed by atoms with van der Waals surface area (Å²) in [6.07, 6.45) is -0.495. The summed E-state index contributed by atoms with van der Waals surface area (Å²) < 4.78 is 1.09. The van der Waals surface area contributed by atoms with Crippen LogP contribution < -0.4 is 5.32 Å². The van der Waals surface area contributed by atoms with E-state index >= 15 is 0 Å². The van der Waals surface area contributed by atoms with Crippen LogP contribution in [0.15, 0.2) is 35.7 Å². The molecule has 0 fully saturated rings. The molecule has 1 heterocycles. The summed E-state index contributed by atoms with van der Waals surface area (Å²) in [6, 6.07) is 9.65. The highest BCUT2D eigenvalue weighted by molar-refractivity contribution is 14.1. The number of thiophene rings is 1. The molecular weight excluding hydrogens is 369 g/mol. The van der Waals surface area contributed by atoms with Gasteiger partial charge in [-0.05, 0) is 52.2 Å². The minimum absolute atomic E-state index is 0.459. The average Bonchev–Trinajstić information content (AvgIpc) is 2.81. The lowest BCUT2D eigenvalue weighted by Crippen LogP contribution is -2.11. The van der Waals surface area contributed by atoms with Gasteiger partial charge in [-0.15, -0.1) is 11.3 Å². The Bertz CT molecular complexity index is 489. The first-order valence-electron chi connectivity index (χ1n) is 5.07. The van der Waals surface area contributed by atoms with Crippen LogP contribution in [0.25, 0.3) is 0 Å². The fourth-order valence-electron chi connectivity index (χ4n) is 1.42. The molecule has 17 heavy (non-hydrogen) atoms. The van der Waals surface area contributed by atoms with E-state index in [1.165, 1.54) is 0 Å². The van der Waals surface area contributed by atoms with Gasteiger partial charge >= 0.3 is 0 Å². The maximum absolute atomic E-state index is 9.92. The number of nitrogens with one attached hydrogen (secondary N) is 1. The summed E-state index contributed by atoms with van der Waals surface area (Å²) in [5, 5.41) is 15.7. The smallest absolute Gasteiger partial charge is 0.105 e. The molecule has 0 saturated heterocycles. The minimum Gasteiger partial charge on any atom is -0.386 e. The van der Waals surface area contributed by atoms with E-state index in [0.717, 1.165) is 14.1 Å². The topological polar surface area (TPSA) is 32.3 Å². The lowest BCUT2D eigenvalue weighted by Gasteiger charge is -2.12. The molecule has 0 aliphatic heterocycles. The standard InChI is InChI=1S/C12H11ClINOS/c13-9-6-8(14)3-4-10(9)15-7-11(16)12-2-1-5-17-12/h1-6,11,15-16H,7H2. The van der Waals surface area contributed by atoms with Gasteiger partial charge in [0.05, 0.1) is 10.7 Å². The Hall–Kier alpha value is -0.300. The maximum Gasteiger partial charge on any atom is 0.105 e. The van der Waals surface area contributed by atoms with Crippen molar-refractivity contribution >= 4 is 51.2 Å².